The van der Waals surface area contributed by atoms with Crippen molar-refractivity contribution in [2.45, 2.75) is 12.8 Å². The minimum Gasteiger partial charge on any atom is -0.479 e. The van der Waals surface area contributed by atoms with Crippen molar-refractivity contribution in [1.82, 2.24) is 30.0 Å². The molecule has 3 aromatic rings. The van der Waals surface area contributed by atoms with Gasteiger partial charge in [-0.15, -0.1) is 10.2 Å². The van der Waals surface area contributed by atoms with Crippen molar-refractivity contribution < 1.29 is 17.9 Å². The van der Waals surface area contributed by atoms with Crippen LogP contribution in [-0.2, 0) is 10.9 Å². The van der Waals surface area contributed by atoms with Gasteiger partial charge >= 0.3 is 0 Å². The molecular formula is C19H23N7O4S. The van der Waals surface area contributed by atoms with E-state index in [2.05, 4.69) is 30.2 Å². The van der Waals surface area contributed by atoms with Gasteiger partial charge in [0.1, 0.15) is 6.33 Å². The highest BCUT2D eigenvalue weighted by atomic mass is 32.2. The summed E-state index contributed by atoms with van der Waals surface area (Å²) in [7, 11) is -1.52. The van der Waals surface area contributed by atoms with Crippen LogP contribution in [0.4, 0.5) is 5.95 Å². The minimum absolute atomic E-state index is 0.0211. The van der Waals surface area contributed by atoms with Gasteiger partial charge in [0.25, 0.3) is 0 Å². The third-order valence-corrected chi connectivity index (χ3v) is 5.30. The van der Waals surface area contributed by atoms with Crippen LogP contribution in [0.15, 0.2) is 36.7 Å². The zero-order valence-corrected chi connectivity index (χ0v) is 17.8. The van der Waals surface area contributed by atoms with E-state index >= 15 is 0 Å². The molecule has 164 valence electrons. The Balaban J connectivity index is 1.81. The van der Waals surface area contributed by atoms with Crippen LogP contribution in [0.5, 0.6) is 11.8 Å². The Hall–Kier alpha value is -3.25. The fourth-order valence-corrected chi connectivity index (χ4v) is 3.79. The van der Waals surface area contributed by atoms with Crippen LogP contribution in [0, 0.1) is 5.92 Å². The number of piperidine rings is 1. The van der Waals surface area contributed by atoms with Gasteiger partial charge in [0, 0.05) is 18.0 Å². The Bertz CT molecular complexity index is 1090. The van der Waals surface area contributed by atoms with Crippen LogP contribution in [0.1, 0.15) is 12.8 Å². The smallest absolute Gasteiger partial charge is 0.245 e. The maximum absolute atomic E-state index is 11.4. The standard InChI is InChI=1S/C19H23N7O4S/c1-29-17-15(18(22-12-21-17)30-11-13-6-5-9-20-10-13)26-16(14-7-3-2-4-8-14)23-24-19(26)25-31(27)28/h2-4,7-8,12-13,20,31H,5-6,9-11H2,1H3,(H,24,25,27,28). The zero-order valence-electron chi connectivity index (χ0n) is 16.9. The van der Waals surface area contributed by atoms with Gasteiger partial charge in [0.15, 0.2) is 11.5 Å². The lowest BCUT2D eigenvalue weighted by Gasteiger charge is -2.23. The number of anilines is 1. The molecule has 11 nitrogen and oxygen atoms in total. The van der Waals surface area contributed by atoms with Gasteiger partial charge in [-0.25, -0.2) is 8.42 Å². The summed E-state index contributed by atoms with van der Waals surface area (Å²) in [6, 6.07) is 9.25. The number of aromatic nitrogens is 5. The molecule has 0 radical (unpaired) electrons. The maximum Gasteiger partial charge on any atom is 0.245 e. The third kappa shape index (κ3) is 4.75. The Morgan fingerprint density at radius 3 is 2.71 bits per heavy atom. The minimum atomic E-state index is -2.98. The quantitative estimate of drug-likeness (QED) is 0.435. The number of benzene rings is 1. The number of nitrogens with one attached hydrogen (secondary N) is 2. The molecule has 2 aromatic heterocycles. The zero-order chi connectivity index (χ0) is 21.6. The van der Waals surface area contributed by atoms with E-state index in [9.17, 15) is 8.42 Å². The van der Waals surface area contributed by atoms with Gasteiger partial charge in [-0.05, 0) is 19.4 Å². The fraction of sp³-hybridized carbons (Fsp3) is 0.368. The molecule has 1 aliphatic rings. The highest BCUT2D eigenvalue weighted by molar-refractivity contribution is 7.73. The number of rotatable bonds is 8. The van der Waals surface area contributed by atoms with Crippen molar-refractivity contribution in [3.8, 4) is 28.8 Å². The van der Waals surface area contributed by atoms with E-state index in [1.165, 1.54) is 18.0 Å². The van der Waals surface area contributed by atoms with Crippen molar-refractivity contribution >= 4 is 16.8 Å². The van der Waals surface area contributed by atoms with E-state index in [-0.39, 0.29) is 17.7 Å². The maximum atomic E-state index is 11.4. The third-order valence-electron chi connectivity index (χ3n) is 4.91. The van der Waals surface area contributed by atoms with Crippen LogP contribution in [0.2, 0.25) is 0 Å². The van der Waals surface area contributed by atoms with Gasteiger partial charge in [-0.2, -0.15) is 9.97 Å². The van der Waals surface area contributed by atoms with Gasteiger partial charge in [0.05, 0.1) is 13.7 Å². The predicted molar refractivity (Wildman–Crippen MR) is 114 cm³/mol. The van der Waals surface area contributed by atoms with Crippen molar-refractivity contribution in [2.75, 3.05) is 31.5 Å². The highest BCUT2D eigenvalue weighted by Crippen LogP contribution is 2.35. The van der Waals surface area contributed by atoms with Crippen LogP contribution in [-0.4, -0.2) is 60.0 Å². The molecule has 4 rings (SSSR count). The Labute approximate surface area is 180 Å². The average Bonchev–Trinajstić information content (AvgIpc) is 3.21. The molecule has 0 saturated carbocycles. The van der Waals surface area contributed by atoms with Crippen LogP contribution in [0.25, 0.3) is 17.1 Å². The van der Waals surface area contributed by atoms with Gasteiger partial charge in [-0.3, -0.25) is 9.29 Å². The molecule has 0 aliphatic carbocycles. The van der Waals surface area contributed by atoms with Crippen LogP contribution >= 0.6 is 0 Å². The summed E-state index contributed by atoms with van der Waals surface area (Å²) in [5.74, 6) is 1.15. The summed E-state index contributed by atoms with van der Waals surface area (Å²) in [4.78, 5) is 8.48. The molecule has 1 saturated heterocycles. The first-order valence-electron chi connectivity index (χ1n) is 9.82. The van der Waals surface area contributed by atoms with Gasteiger partial charge in [-0.1, -0.05) is 30.3 Å². The predicted octanol–water partition coefficient (Wildman–Crippen LogP) is 1.05. The van der Waals surface area contributed by atoms with Crippen molar-refractivity contribution in [3.05, 3.63) is 36.7 Å². The molecule has 0 amide bonds. The second kappa shape index (κ2) is 9.71. The van der Waals surface area contributed by atoms with Gasteiger partial charge in [0.2, 0.25) is 28.6 Å². The molecule has 0 spiro atoms. The first kappa shape index (κ1) is 21.0. The number of ether oxygens (including phenoxy) is 2. The summed E-state index contributed by atoms with van der Waals surface area (Å²) in [6.07, 6.45) is 3.47. The molecule has 1 aliphatic heterocycles. The summed E-state index contributed by atoms with van der Waals surface area (Å²) in [5, 5.41) is 11.6. The summed E-state index contributed by atoms with van der Waals surface area (Å²) in [5.41, 5.74) is 1.04. The largest absolute Gasteiger partial charge is 0.479 e. The fourth-order valence-electron chi connectivity index (χ4n) is 3.48. The molecule has 1 aromatic carbocycles. The lowest BCUT2D eigenvalue weighted by molar-refractivity contribution is 0.210. The van der Waals surface area contributed by atoms with E-state index < -0.39 is 10.9 Å². The first-order chi connectivity index (χ1) is 15.2. The second-order valence-electron chi connectivity index (χ2n) is 6.98. The normalized spacial score (nSPS) is 16.3. The van der Waals surface area contributed by atoms with Crippen LogP contribution in [0.3, 0.4) is 0 Å². The molecule has 31 heavy (non-hydrogen) atoms. The van der Waals surface area contributed by atoms with E-state index in [0.717, 1.165) is 31.5 Å². The Morgan fingerprint density at radius 1 is 1.19 bits per heavy atom. The van der Waals surface area contributed by atoms with E-state index in [1.54, 1.807) is 0 Å². The summed E-state index contributed by atoms with van der Waals surface area (Å²) < 4.78 is 38.2. The lowest BCUT2D eigenvalue weighted by Crippen LogP contribution is -2.33. The van der Waals surface area contributed by atoms with E-state index in [1.807, 2.05) is 30.3 Å². The van der Waals surface area contributed by atoms with E-state index in [4.69, 9.17) is 9.47 Å². The van der Waals surface area contributed by atoms with Crippen molar-refractivity contribution in [3.63, 3.8) is 0 Å². The molecule has 3 heterocycles. The molecular weight excluding hydrogens is 422 g/mol. The Kier molecular flexibility index (Phi) is 6.57. The number of hydrogen-bond donors (Lipinski definition) is 3. The van der Waals surface area contributed by atoms with Crippen molar-refractivity contribution in [2.24, 2.45) is 5.92 Å². The van der Waals surface area contributed by atoms with Crippen LogP contribution < -0.4 is 19.5 Å². The SMILES string of the molecule is COc1ncnc(OCC2CCCNC2)c1-n1c(N[SH](=O)=O)nnc1-c1ccccc1. The average molecular weight is 446 g/mol. The molecule has 1 atom stereocenters. The van der Waals surface area contributed by atoms with E-state index in [0.29, 0.717) is 24.0 Å². The number of thiol groups is 1. The second-order valence-corrected chi connectivity index (χ2v) is 7.72. The van der Waals surface area contributed by atoms with Gasteiger partial charge < -0.3 is 14.8 Å². The number of nitrogens with zero attached hydrogens (tertiary/aromatic N) is 5. The molecule has 1 unspecified atom stereocenters. The number of methoxy groups -OCH3 is 1. The molecule has 1 fully saturated rings. The summed E-state index contributed by atoms with van der Waals surface area (Å²) >= 11 is 0. The number of hydrogen-bond acceptors (Lipinski definition) is 9. The molecule has 12 heteroatoms. The van der Waals surface area contributed by atoms with Crippen molar-refractivity contribution in [1.29, 1.82) is 0 Å². The monoisotopic (exact) mass is 445 g/mol. The first-order valence-corrected chi connectivity index (χ1v) is 11.0. The molecule has 2 N–H and O–H groups in total. The summed E-state index contributed by atoms with van der Waals surface area (Å²) in [6.45, 7) is 2.32. The molecule has 0 bridgehead atoms. The Morgan fingerprint density at radius 2 is 2.00 bits per heavy atom. The lowest BCUT2D eigenvalue weighted by atomic mass is 10.0. The topological polar surface area (TPSA) is 133 Å². The highest BCUT2D eigenvalue weighted by Gasteiger charge is 2.25.